The average molecular weight is 385 g/mol. The molecule has 28 heavy (non-hydrogen) atoms. The largest absolute Gasteiger partial charge is 0.497 e. The fraction of sp³-hybridized carbons (Fsp3) is 0.524. The van der Waals surface area contributed by atoms with Gasteiger partial charge in [0.25, 0.3) is 0 Å². The molecule has 1 saturated heterocycles. The number of nitrogens with zero attached hydrogens (tertiary/aromatic N) is 4. The standard InChI is InChI=1S/C21H32N6O/c1-4-22-21(23-13-17-14-25-26(2)16-17)24-15-20(27-10-5-6-11-27)18-8-7-9-19(12-18)28-3/h7-9,12,14,16,20H,4-6,10-11,13,15H2,1-3H3,(H2,22,23,24). The highest BCUT2D eigenvalue weighted by atomic mass is 16.5. The number of guanidine groups is 1. The van der Waals surface area contributed by atoms with E-state index in [9.17, 15) is 0 Å². The fourth-order valence-corrected chi connectivity index (χ4v) is 3.62. The minimum atomic E-state index is 0.292. The van der Waals surface area contributed by atoms with Gasteiger partial charge in [-0.1, -0.05) is 12.1 Å². The van der Waals surface area contributed by atoms with Crippen molar-refractivity contribution in [1.82, 2.24) is 25.3 Å². The van der Waals surface area contributed by atoms with Crippen LogP contribution in [-0.2, 0) is 13.6 Å². The van der Waals surface area contributed by atoms with Gasteiger partial charge in [-0.15, -0.1) is 0 Å². The molecule has 0 saturated carbocycles. The van der Waals surface area contributed by atoms with Crippen LogP contribution in [-0.4, -0.2) is 53.9 Å². The van der Waals surface area contributed by atoms with Gasteiger partial charge in [-0.25, -0.2) is 4.99 Å². The van der Waals surface area contributed by atoms with Crippen LogP contribution in [0.2, 0.25) is 0 Å². The third-order valence-electron chi connectivity index (χ3n) is 5.05. The van der Waals surface area contributed by atoms with Gasteiger partial charge in [-0.05, 0) is 50.6 Å². The van der Waals surface area contributed by atoms with Gasteiger partial charge < -0.3 is 15.4 Å². The summed E-state index contributed by atoms with van der Waals surface area (Å²) in [5, 5.41) is 11.1. The Labute approximate surface area is 167 Å². The summed E-state index contributed by atoms with van der Waals surface area (Å²) in [7, 11) is 3.64. The second-order valence-electron chi connectivity index (χ2n) is 7.13. The van der Waals surface area contributed by atoms with Crippen LogP contribution in [0.25, 0.3) is 0 Å². The Kier molecular flexibility index (Phi) is 7.31. The molecule has 2 heterocycles. The molecule has 2 aromatic rings. The summed E-state index contributed by atoms with van der Waals surface area (Å²) in [5.41, 5.74) is 2.38. The van der Waals surface area contributed by atoms with Crippen LogP contribution in [0.3, 0.4) is 0 Å². The molecule has 1 atom stereocenters. The van der Waals surface area contributed by atoms with E-state index >= 15 is 0 Å². The van der Waals surface area contributed by atoms with Gasteiger partial charge in [0.05, 0.1) is 25.9 Å². The van der Waals surface area contributed by atoms with Gasteiger partial charge in [-0.2, -0.15) is 5.10 Å². The zero-order valence-corrected chi connectivity index (χ0v) is 17.2. The van der Waals surface area contributed by atoms with E-state index in [-0.39, 0.29) is 0 Å². The summed E-state index contributed by atoms with van der Waals surface area (Å²) in [6.45, 7) is 6.58. The van der Waals surface area contributed by atoms with Crippen molar-refractivity contribution in [2.75, 3.05) is 33.3 Å². The number of methoxy groups -OCH3 is 1. The number of rotatable bonds is 8. The summed E-state index contributed by atoms with van der Waals surface area (Å²) >= 11 is 0. The molecule has 0 aliphatic carbocycles. The number of aliphatic imine (C=N–C) groups is 1. The Hall–Kier alpha value is -2.54. The molecular formula is C21H32N6O. The maximum absolute atomic E-state index is 5.44. The molecule has 1 unspecified atom stereocenters. The molecule has 2 N–H and O–H groups in total. The lowest BCUT2D eigenvalue weighted by Crippen LogP contribution is -2.42. The molecule has 0 spiro atoms. The number of hydrogen-bond acceptors (Lipinski definition) is 4. The lowest BCUT2D eigenvalue weighted by molar-refractivity contribution is 0.245. The molecule has 1 aliphatic rings. The summed E-state index contributed by atoms with van der Waals surface area (Å²) in [5.74, 6) is 1.73. The molecule has 1 aliphatic heterocycles. The van der Waals surface area contributed by atoms with Crippen molar-refractivity contribution in [1.29, 1.82) is 0 Å². The van der Waals surface area contributed by atoms with Crippen LogP contribution < -0.4 is 15.4 Å². The number of nitrogens with one attached hydrogen (secondary N) is 2. The van der Waals surface area contributed by atoms with Gasteiger partial charge in [0.2, 0.25) is 0 Å². The van der Waals surface area contributed by atoms with Gasteiger partial charge in [-0.3, -0.25) is 9.58 Å². The number of aromatic nitrogens is 2. The van der Waals surface area contributed by atoms with Gasteiger partial charge in [0.1, 0.15) is 5.75 Å². The maximum Gasteiger partial charge on any atom is 0.191 e. The average Bonchev–Trinajstić information content (AvgIpc) is 3.38. The third-order valence-corrected chi connectivity index (χ3v) is 5.05. The number of likely N-dealkylation sites (tertiary alicyclic amines) is 1. The minimum Gasteiger partial charge on any atom is -0.497 e. The third kappa shape index (κ3) is 5.48. The van der Waals surface area contributed by atoms with Crippen LogP contribution in [0, 0.1) is 0 Å². The van der Waals surface area contributed by atoms with E-state index in [1.54, 1.807) is 11.8 Å². The van der Waals surface area contributed by atoms with Crippen molar-refractivity contribution >= 4 is 5.96 Å². The Balaban J connectivity index is 1.70. The SMILES string of the molecule is CCNC(=NCc1cnn(C)c1)NCC(c1cccc(OC)c1)N1CCCC1. The molecule has 0 radical (unpaired) electrons. The highest BCUT2D eigenvalue weighted by Gasteiger charge is 2.24. The molecule has 3 rings (SSSR count). The first-order valence-corrected chi connectivity index (χ1v) is 10.1. The summed E-state index contributed by atoms with van der Waals surface area (Å²) in [6, 6.07) is 8.69. The molecule has 1 fully saturated rings. The summed E-state index contributed by atoms with van der Waals surface area (Å²) < 4.78 is 7.24. The lowest BCUT2D eigenvalue weighted by atomic mass is 10.1. The first-order valence-electron chi connectivity index (χ1n) is 10.1. The van der Waals surface area contributed by atoms with E-state index in [1.165, 1.54) is 18.4 Å². The van der Waals surface area contributed by atoms with E-state index in [0.717, 1.165) is 43.5 Å². The van der Waals surface area contributed by atoms with E-state index < -0.39 is 0 Å². The number of benzene rings is 1. The molecule has 1 aromatic carbocycles. The van der Waals surface area contributed by atoms with Crippen LogP contribution >= 0.6 is 0 Å². The van der Waals surface area contributed by atoms with E-state index in [2.05, 4.69) is 45.8 Å². The Morgan fingerprint density at radius 1 is 1.29 bits per heavy atom. The number of aryl methyl sites for hydroxylation is 1. The van der Waals surface area contributed by atoms with Crippen molar-refractivity contribution in [2.24, 2.45) is 12.0 Å². The molecular weight excluding hydrogens is 352 g/mol. The molecule has 7 nitrogen and oxygen atoms in total. The van der Waals surface area contributed by atoms with E-state index in [4.69, 9.17) is 9.73 Å². The summed E-state index contributed by atoms with van der Waals surface area (Å²) in [6.07, 6.45) is 6.37. The first-order chi connectivity index (χ1) is 13.7. The molecule has 1 aromatic heterocycles. The second kappa shape index (κ2) is 10.1. The van der Waals surface area contributed by atoms with Crippen LogP contribution in [0.4, 0.5) is 0 Å². The molecule has 152 valence electrons. The van der Waals surface area contributed by atoms with Crippen molar-refractivity contribution in [3.05, 3.63) is 47.8 Å². The second-order valence-corrected chi connectivity index (χ2v) is 7.13. The highest BCUT2D eigenvalue weighted by Crippen LogP contribution is 2.27. The molecule has 7 heteroatoms. The fourth-order valence-electron chi connectivity index (χ4n) is 3.62. The normalized spacial score (nSPS) is 16.2. The van der Waals surface area contributed by atoms with Gasteiger partial charge >= 0.3 is 0 Å². The number of ether oxygens (including phenoxy) is 1. The smallest absolute Gasteiger partial charge is 0.191 e. The zero-order valence-electron chi connectivity index (χ0n) is 17.2. The summed E-state index contributed by atoms with van der Waals surface area (Å²) in [4.78, 5) is 7.27. The first kappa shape index (κ1) is 20.2. The van der Waals surface area contributed by atoms with Gasteiger partial charge in [0.15, 0.2) is 5.96 Å². The lowest BCUT2D eigenvalue weighted by Gasteiger charge is -2.29. The zero-order chi connectivity index (χ0) is 19.8. The minimum absolute atomic E-state index is 0.292. The predicted octanol–water partition coefficient (Wildman–Crippen LogP) is 2.32. The number of hydrogen-bond donors (Lipinski definition) is 2. The Bertz CT molecular complexity index is 766. The van der Waals surface area contributed by atoms with Gasteiger partial charge in [0, 0.05) is 31.9 Å². The van der Waals surface area contributed by atoms with Crippen LogP contribution in [0.5, 0.6) is 5.75 Å². The molecule has 0 amide bonds. The predicted molar refractivity (Wildman–Crippen MR) is 113 cm³/mol. The van der Waals surface area contributed by atoms with Crippen LogP contribution in [0.15, 0.2) is 41.7 Å². The topological polar surface area (TPSA) is 66.7 Å². The van der Waals surface area contributed by atoms with E-state index in [1.807, 2.05) is 25.5 Å². The molecule has 0 bridgehead atoms. The van der Waals surface area contributed by atoms with Crippen LogP contribution in [0.1, 0.15) is 36.9 Å². The van der Waals surface area contributed by atoms with Crippen molar-refractivity contribution in [3.8, 4) is 5.75 Å². The quantitative estimate of drug-likeness (QED) is 0.540. The highest BCUT2D eigenvalue weighted by molar-refractivity contribution is 5.79. The van der Waals surface area contributed by atoms with Crippen molar-refractivity contribution in [2.45, 2.75) is 32.4 Å². The monoisotopic (exact) mass is 384 g/mol. The maximum atomic E-state index is 5.44. The van der Waals surface area contributed by atoms with Crippen molar-refractivity contribution in [3.63, 3.8) is 0 Å². The Morgan fingerprint density at radius 3 is 2.79 bits per heavy atom. The van der Waals surface area contributed by atoms with Crippen molar-refractivity contribution < 1.29 is 4.74 Å². The Morgan fingerprint density at radius 2 is 2.11 bits per heavy atom. The van der Waals surface area contributed by atoms with E-state index in [0.29, 0.717) is 12.6 Å².